The first-order valence-electron chi connectivity index (χ1n) is 40.1. The summed E-state index contributed by atoms with van der Waals surface area (Å²) in [6.07, 6.45) is 7.65. The molecule has 0 saturated heterocycles. The van der Waals surface area contributed by atoms with Gasteiger partial charge in [0.05, 0.1) is 22.7 Å². The van der Waals surface area contributed by atoms with Crippen LogP contribution in [0.25, 0.3) is 0 Å². The summed E-state index contributed by atoms with van der Waals surface area (Å²) in [6.45, 7) is 8.65. The Morgan fingerprint density at radius 1 is 0.207 bits per heavy atom. The van der Waals surface area contributed by atoms with Crippen molar-refractivity contribution in [1.82, 2.24) is 0 Å². The van der Waals surface area contributed by atoms with Gasteiger partial charge in [-0.2, -0.15) is 0 Å². The average molecular weight is 1600 g/mol. The second kappa shape index (κ2) is 42.3. The highest BCUT2D eigenvalue weighted by Gasteiger charge is 2.38. The van der Waals surface area contributed by atoms with Crippen LogP contribution in [0.3, 0.4) is 0 Å². The van der Waals surface area contributed by atoms with Crippen LogP contribution in [-0.2, 0) is 0 Å². The van der Waals surface area contributed by atoms with Crippen molar-refractivity contribution in [3.63, 3.8) is 0 Å². The summed E-state index contributed by atoms with van der Waals surface area (Å²) >= 11 is 7.21. The monoisotopic (exact) mass is 1600 g/mol. The zero-order valence-electron chi connectivity index (χ0n) is 67.8. The first-order valence-corrected chi connectivity index (χ1v) is 44.0. The van der Waals surface area contributed by atoms with Crippen molar-refractivity contribution in [2.45, 2.75) is 79.1 Å². The van der Waals surface area contributed by atoms with E-state index in [1.807, 2.05) is 0 Å². The average Bonchev–Trinajstić information content (AvgIpc) is 0.758. The fourth-order valence-corrected chi connectivity index (χ4v) is 17.7. The highest BCUT2D eigenvalue weighted by atomic mass is 32.2. The Morgan fingerprint density at radius 2 is 0.371 bits per heavy atom. The second-order valence-corrected chi connectivity index (χ2v) is 32.9. The molecule has 12 aromatic rings. The quantitative estimate of drug-likeness (QED) is 0.0925. The predicted molar refractivity (Wildman–Crippen MR) is 509 cm³/mol. The van der Waals surface area contributed by atoms with Crippen molar-refractivity contribution in [2.24, 2.45) is 20.0 Å². The molecule has 0 bridgehead atoms. The van der Waals surface area contributed by atoms with Gasteiger partial charge in [0.25, 0.3) is 0 Å². The molecule has 0 saturated carbocycles. The summed E-state index contributed by atoms with van der Waals surface area (Å²) in [7, 11) is 8.82. The van der Waals surface area contributed by atoms with Crippen molar-refractivity contribution < 1.29 is 0 Å². The highest BCUT2D eigenvalue weighted by Crippen LogP contribution is 2.43. The summed E-state index contributed by atoms with van der Waals surface area (Å²) in [6, 6.07) is 121. The van der Waals surface area contributed by atoms with Gasteiger partial charge in [-0.1, -0.05) is 289 Å². The molecule has 13 rings (SSSR count). The van der Waals surface area contributed by atoms with Crippen molar-refractivity contribution in [2.75, 3.05) is 90.4 Å². The molecule has 0 aromatic heterocycles. The van der Waals surface area contributed by atoms with Crippen LogP contribution < -0.4 is 39.2 Å². The van der Waals surface area contributed by atoms with Gasteiger partial charge in [0.1, 0.15) is 0 Å². The number of aliphatic imine (C=N–C) groups is 4. The lowest BCUT2D eigenvalue weighted by molar-refractivity contribution is 0.712. The van der Waals surface area contributed by atoms with Gasteiger partial charge in [-0.25, -0.2) is 20.0 Å². The smallest absolute Gasteiger partial charge is 0.174 e. The van der Waals surface area contributed by atoms with Crippen LogP contribution in [0.5, 0.6) is 0 Å². The zero-order chi connectivity index (χ0) is 80.2. The van der Waals surface area contributed by atoms with E-state index in [0.29, 0.717) is 0 Å². The van der Waals surface area contributed by atoms with Gasteiger partial charge in [0, 0.05) is 96.7 Å². The third-order valence-corrected chi connectivity index (χ3v) is 24.1. The molecule has 0 fully saturated rings. The third-order valence-electron chi connectivity index (χ3n) is 20.0. The zero-order valence-corrected chi connectivity index (χ0v) is 71.1. The van der Waals surface area contributed by atoms with Crippen LogP contribution in [0.15, 0.2) is 383 Å². The molecule has 12 nitrogen and oxygen atoms in total. The number of hydrogen-bond donors (Lipinski definition) is 0. The van der Waals surface area contributed by atoms with Gasteiger partial charge in [-0.3, -0.25) is 19.6 Å². The van der Waals surface area contributed by atoms with Crippen molar-refractivity contribution in [1.29, 1.82) is 0 Å². The maximum absolute atomic E-state index is 5.83. The molecule has 0 spiro atoms. The lowest BCUT2D eigenvalue weighted by Crippen LogP contribution is -2.46. The Kier molecular flexibility index (Phi) is 30.1. The number of nitrogens with zero attached hydrogens (tertiary/aromatic N) is 12. The molecule has 0 radical (unpaired) electrons. The van der Waals surface area contributed by atoms with Gasteiger partial charge in [-0.05, 0) is 199 Å². The number of amidine groups is 4. The fraction of sp³-hybridized carbons (Fsp3) is 0.200. The van der Waals surface area contributed by atoms with Gasteiger partial charge >= 0.3 is 0 Å². The summed E-state index contributed by atoms with van der Waals surface area (Å²) < 4.78 is 0. The van der Waals surface area contributed by atoms with Gasteiger partial charge in [0.2, 0.25) is 0 Å². The number of para-hydroxylation sites is 8. The molecule has 1 aliphatic heterocycles. The maximum atomic E-state index is 5.83. The first kappa shape index (κ1) is 82.6. The summed E-state index contributed by atoms with van der Waals surface area (Å²) in [4.78, 5) is 42.4. The SMILES string of the molecule is Cc1ccc(N2C(=Nc3ccccc3)SCCCCCCSC(=Nc3ccccc3)N(c3ccc(C)cc3)/C(N(C)c3ccccc3)=C(/N(C)c3ccccc3)N(c3ccc(C)cc3)C(=Nc3ccccc3)SCCCCCCSC(=Nc3ccccc3)N(c3ccc(C)cc3)/C(N(C)c3ccccc3)=C\2N(C)c2ccccc2)cc1. The first-order chi connectivity index (χ1) is 56.9. The van der Waals surface area contributed by atoms with Crippen molar-refractivity contribution >= 4 is 136 Å². The van der Waals surface area contributed by atoms with Crippen LogP contribution in [0.4, 0.5) is 68.2 Å². The lowest BCUT2D eigenvalue weighted by atomic mass is 10.2. The van der Waals surface area contributed by atoms with E-state index in [-0.39, 0.29) is 0 Å². The van der Waals surface area contributed by atoms with Crippen molar-refractivity contribution in [3.05, 3.63) is 385 Å². The molecule has 0 aliphatic carbocycles. The number of aryl methyl sites for hydroxylation is 4. The third kappa shape index (κ3) is 22.2. The van der Waals surface area contributed by atoms with Crippen LogP contribution in [0.1, 0.15) is 73.6 Å². The van der Waals surface area contributed by atoms with Crippen LogP contribution >= 0.6 is 47.0 Å². The summed E-state index contributed by atoms with van der Waals surface area (Å²) in [5.74, 6) is 6.63. The molecule has 0 N–H and O–H groups in total. The largest absolute Gasteiger partial charge is 0.327 e. The topological polar surface area (TPSA) is 75.4 Å². The molecular weight excluding hydrogens is 1500 g/mol. The van der Waals surface area contributed by atoms with Crippen LogP contribution in [0, 0.1) is 27.7 Å². The minimum Gasteiger partial charge on any atom is -0.327 e. The molecule has 12 aromatic carbocycles. The Hall–Kier alpha value is -11.4. The Balaban J connectivity index is 1.01. The van der Waals surface area contributed by atoms with E-state index in [1.165, 1.54) is 0 Å². The molecule has 1 heterocycles. The van der Waals surface area contributed by atoms with Crippen LogP contribution in [0.2, 0.25) is 0 Å². The van der Waals surface area contributed by atoms with E-state index in [2.05, 4.69) is 435 Å². The lowest BCUT2D eigenvalue weighted by Gasteiger charge is -2.42. The number of benzene rings is 12. The van der Waals surface area contributed by atoms with E-state index >= 15 is 0 Å². The number of rotatable bonds is 16. The van der Waals surface area contributed by atoms with E-state index in [1.54, 1.807) is 47.0 Å². The van der Waals surface area contributed by atoms with E-state index in [0.717, 1.165) is 209 Å². The molecule has 0 unspecified atom stereocenters. The van der Waals surface area contributed by atoms with E-state index < -0.39 is 0 Å². The number of anilines is 8. The molecule has 16 heteroatoms. The Morgan fingerprint density at radius 3 is 0.543 bits per heavy atom. The van der Waals surface area contributed by atoms with Gasteiger partial charge in [0.15, 0.2) is 44.0 Å². The minimum absolute atomic E-state index is 0.788. The molecule has 0 atom stereocenters. The van der Waals surface area contributed by atoms with Crippen molar-refractivity contribution in [3.8, 4) is 0 Å². The fourth-order valence-electron chi connectivity index (χ4n) is 13.6. The number of hydrogen-bond acceptors (Lipinski definition) is 12. The molecule has 0 amide bonds. The molecule has 1 aliphatic rings. The molecular formula is C100H104N12S4. The van der Waals surface area contributed by atoms with Crippen LogP contribution in [-0.4, -0.2) is 71.9 Å². The highest BCUT2D eigenvalue weighted by molar-refractivity contribution is 8.15. The minimum atomic E-state index is 0.788. The van der Waals surface area contributed by atoms with Gasteiger partial charge in [-0.15, -0.1) is 0 Å². The predicted octanol–water partition coefficient (Wildman–Crippen LogP) is 26.9. The number of thioether (sulfide) groups is 4. The standard InChI is InChI=1S/C100H104N12S4/c1-77-57-65-89(66-58-77)109-93(105(5)85-49-29-17-30-50-85)94(106(6)86-51-31-18-32-52-86)110(90-67-59-78(2)60-68-90)98(102-82-43-23-14-24-44-82)114-74-39-11-12-40-76-116-100(104-84-47-27-16-28-48-84)112(92-71-63-80(4)64-72-92)96(108(8)88-55-35-20-36-56-88)95(107(7)87-53-33-19-34-54-87)111(91-69-61-79(3)62-70-91)99(103-83-45-25-15-26-46-83)115-75-38-10-9-37-73-113-97(109)101-81-41-21-13-22-42-81/h13-36,41-72H,9-12,37-40,73-76H2,1-8H3/b94-93-,96-95-,101-97?,102-98?,103-99?,104-100?. The van der Waals surface area contributed by atoms with E-state index in [9.17, 15) is 0 Å². The summed E-state index contributed by atoms with van der Waals surface area (Å²) in [5, 5.41) is 3.32. The van der Waals surface area contributed by atoms with E-state index in [4.69, 9.17) is 20.0 Å². The Labute approximate surface area is 705 Å². The normalized spacial score (nSPS) is 17.2. The van der Waals surface area contributed by atoms with Gasteiger partial charge < -0.3 is 19.6 Å². The summed E-state index contributed by atoms with van der Waals surface area (Å²) in [5.41, 5.74) is 15.9. The maximum Gasteiger partial charge on any atom is 0.174 e. The second-order valence-electron chi connectivity index (χ2n) is 28.7. The Bertz CT molecular complexity index is 4560. The molecule has 588 valence electrons. The molecule has 116 heavy (non-hydrogen) atoms.